The molecular weight excluding hydrogens is 383 g/mol. The third-order valence-corrected chi connectivity index (χ3v) is 5.12. The van der Waals surface area contributed by atoms with E-state index in [0.29, 0.717) is 12.0 Å². The summed E-state index contributed by atoms with van der Waals surface area (Å²) in [6.07, 6.45) is -0.436. The molecule has 0 aromatic heterocycles. The maximum Gasteiger partial charge on any atom is 0.222 e. The minimum Gasteiger partial charge on any atom is -0.384 e. The minimum atomic E-state index is -0.776. The Morgan fingerprint density at radius 2 is 1.76 bits per heavy atom. The number of nitrogens with one attached hydrogen (secondary N) is 1. The van der Waals surface area contributed by atoms with E-state index in [-0.39, 0.29) is 36.7 Å². The molecule has 156 valence electrons. The summed E-state index contributed by atoms with van der Waals surface area (Å²) in [7, 11) is 1.51. The Balaban J connectivity index is 1.91. The van der Waals surface area contributed by atoms with Gasteiger partial charge in [-0.2, -0.15) is 0 Å². The largest absolute Gasteiger partial charge is 0.384 e. The zero-order valence-electron chi connectivity index (χ0n) is 16.4. The Bertz CT molecular complexity index is 859. The van der Waals surface area contributed by atoms with E-state index in [1.165, 1.54) is 19.2 Å². The number of benzene rings is 2. The molecule has 3 rings (SSSR count). The molecule has 0 spiro atoms. The lowest BCUT2D eigenvalue weighted by atomic mass is 9.81. The average Bonchev–Trinajstić information content (AvgIpc) is 2.68. The summed E-state index contributed by atoms with van der Waals surface area (Å²) in [6, 6.07) is 9.04. The van der Waals surface area contributed by atoms with E-state index in [1.54, 1.807) is 12.1 Å². The van der Waals surface area contributed by atoms with Crippen LogP contribution in [0.3, 0.4) is 0 Å². The van der Waals surface area contributed by atoms with Gasteiger partial charge in [0.25, 0.3) is 0 Å². The maximum absolute atomic E-state index is 14.4. The van der Waals surface area contributed by atoms with Crippen LogP contribution in [0.25, 0.3) is 0 Å². The van der Waals surface area contributed by atoms with Crippen LogP contribution < -0.4 is 5.32 Å². The van der Waals surface area contributed by atoms with Crippen LogP contribution in [-0.4, -0.2) is 25.2 Å². The highest BCUT2D eigenvalue weighted by atomic mass is 19.1. The lowest BCUT2D eigenvalue weighted by Crippen LogP contribution is -2.51. The molecule has 1 fully saturated rings. The summed E-state index contributed by atoms with van der Waals surface area (Å²) in [6.45, 7) is 2.13. The molecular formula is C22H24F3NO3. The van der Waals surface area contributed by atoms with Crippen molar-refractivity contribution in [2.45, 2.75) is 43.9 Å². The zero-order chi connectivity index (χ0) is 21.0. The van der Waals surface area contributed by atoms with Gasteiger partial charge in [0.05, 0.1) is 18.8 Å². The molecule has 3 atom stereocenters. The van der Waals surface area contributed by atoms with Gasteiger partial charge in [0, 0.05) is 37.5 Å². The standard InChI is InChI=1S/C22H24F3NO3/c1-22(26-21(27)9-10-28-2)12-19(14-3-5-15(23)6-4-14)29-20(13-22)17-11-16(24)7-8-18(17)25/h3-8,11,19-20H,9-10,12-13H2,1-2H3,(H,26,27)/t19-,20+,22-/m0/s1. The number of carbonyl (C=O) groups is 1. The van der Waals surface area contributed by atoms with Gasteiger partial charge in [0.15, 0.2) is 0 Å². The van der Waals surface area contributed by atoms with Crippen molar-refractivity contribution in [3.8, 4) is 0 Å². The van der Waals surface area contributed by atoms with Crippen LogP contribution >= 0.6 is 0 Å². The monoisotopic (exact) mass is 407 g/mol. The van der Waals surface area contributed by atoms with Crippen molar-refractivity contribution >= 4 is 5.91 Å². The number of rotatable bonds is 6. The van der Waals surface area contributed by atoms with Crippen molar-refractivity contribution in [2.24, 2.45) is 0 Å². The van der Waals surface area contributed by atoms with Gasteiger partial charge in [-0.05, 0) is 42.8 Å². The average molecular weight is 407 g/mol. The quantitative estimate of drug-likeness (QED) is 0.761. The van der Waals surface area contributed by atoms with Crippen molar-refractivity contribution in [3.05, 3.63) is 71.0 Å². The Morgan fingerprint density at radius 3 is 2.45 bits per heavy atom. The molecule has 1 amide bonds. The molecule has 1 heterocycles. The molecule has 1 N–H and O–H groups in total. The van der Waals surface area contributed by atoms with E-state index in [1.807, 2.05) is 6.92 Å². The van der Waals surface area contributed by atoms with Crippen LogP contribution in [0.5, 0.6) is 0 Å². The van der Waals surface area contributed by atoms with Crippen molar-refractivity contribution < 1.29 is 27.4 Å². The fourth-order valence-corrected chi connectivity index (χ4v) is 3.71. The van der Waals surface area contributed by atoms with E-state index in [2.05, 4.69) is 5.32 Å². The summed E-state index contributed by atoms with van der Waals surface area (Å²) in [4.78, 5) is 12.3. The first-order chi connectivity index (χ1) is 13.8. The highest BCUT2D eigenvalue weighted by molar-refractivity contribution is 5.76. The van der Waals surface area contributed by atoms with Gasteiger partial charge in [0.2, 0.25) is 5.91 Å². The van der Waals surface area contributed by atoms with Gasteiger partial charge in [-0.1, -0.05) is 12.1 Å². The molecule has 4 nitrogen and oxygen atoms in total. The third-order valence-electron chi connectivity index (χ3n) is 5.12. The molecule has 2 aromatic carbocycles. The van der Waals surface area contributed by atoms with E-state index >= 15 is 0 Å². The SMILES string of the molecule is COCCC(=O)N[C@@]1(C)C[C@@H](c2ccc(F)cc2)O[C@@H](c2cc(F)ccc2F)C1. The summed E-state index contributed by atoms with van der Waals surface area (Å²) in [5.74, 6) is -1.73. The van der Waals surface area contributed by atoms with Gasteiger partial charge in [0.1, 0.15) is 17.5 Å². The smallest absolute Gasteiger partial charge is 0.222 e. The Kier molecular flexibility index (Phi) is 6.59. The molecule has 0 unspecified atom stereocenters. The number of amides is 1. The molecule has 0 aliphatic carbocycles. The molecule has 0 bridgehead atoms. The first kappa shape index (κ1) is 21.3. The molecule has 2 aromatic rings. The number of hydrogen-bond donors (Lipinski definition) is 1. The third kappa shape index (κ3) is 5.36. The first-order valence-electron chi connectivity index (χ1n) is 9.45. The zero-order valence-corrected chi connectivity index (χ0v) is 16.4. The predicted molar refractivity (Wildman–Crippen MR) is 102 cm³/mol. The number of carbonyl (C=O) groups excluding carboxylic acids is 1. The number of hydrogen-bond acceptors (Lipinski definition) is 3. The molecule has 0 saturated carbocycles. The lowest BCUT2D eigenvalue weighted by molar-refractivity contribution is -0.129. The molecule has 1 saturated heterocycles. The summed E-state index contributed by atoms with van der Waals surface area (Å²) >= 11 is 0. The number of halogens is 3. The van der Waals surface area contributed by atoms with Gasteiger partial charge >= 0.3 is 0 Å². The lowest BCUT2D eigenvalue weighted by Gasteiger charge is -2.43. The topological polar surface area (TPSA) is 47.6 Å². The molecule has 1 aliphatic heterocycles. The summed E-state index contributed by atoms with van der Waals surface area (Å²) < 4.78 is 52.5. The van der Waals surface area contributed by atoms with E-state index < -0.39 is 29.4 Å². The maximum atomic E-state index is 14.4. The van der Waals surface area contributed by atoms with Gasteiger partial charge in [-0.25, -0.2) is 13.2 Å². The second-order valence-corrected chi connectivity index (χ2v) is 7.59. The van der Waals surface area contributed by atoms with Gasteiger partial charge in [-0.3, -0.25) is 4.79 Å². The van der Waals surface area contributed by atoms with Crippen LogP contribution in [0, 0.1) is 17.5 Å². The highest BCUT2D eigenvalue weighted by Gasteiger charge is 2.41. The van der Waals surface area contributed by atoms with Crippen molar-refractivity contribution in [1.29, 1.82) is 0 Å². The summed E-state index contributed by atoms with van der Waals surface area (Å²) in [5, 5.41) is 2.99. The highest BCUT2D eigenvalue weighted by Crippen LogP contribution is 2.44. The molecule has 0 radical (unpaired) electrons. The summed E-state index contributed by atoms with van der Waals surface area (Å²) in [5.41, 5.74) is 0.0606. The fraction of sp³-hybridized carbons (Fsp3) is 0.409. The number of ether oxygens (including phenoxy) is 2. The Hall–Kier alpha value is -2.38. The van der Waals surface area contributed by atoms with Crippen molar-refractivity contribution in [3.63, 3.8) is 0 Å². The molecule has 1 aliphatic rings. The predicted octanol–water partition coefficient (Wildman–Crippen LogP) is 4.61. The second kappa shape index (κ2) is 8.97. The van der Waals surface area contributed by atoms with Crippen LogP contribution in [0.2, 0.25) is 0 Å². The van der Waals surface area contributed by atoms with Gasteiger partial charge < -0.3 is 14.8 Å². The minimum absolute atomic E-state index is 0.0918. The van der Waals surface area contributed by atoms with Crippen LogP contribution in [0.1, 0.15) is 49.5 Å². The number of methoxy groups -OCH3 is 1. The fourth-order valence-electron chi connectivity index (χ4n) is 3.71. The van der Waals surface area contributed by atoms with Crippen molar-refractivity contribution in [1.82, 2.24) is 5.32 Å². The molecule has 29 heavy (non-hydrogen) atoms. The first-order valence-corrected chi connectivity index (χ1v) is 9.45. The molecule has 7 heteroatoms. The normalized spacial score (nSPS) is 24.3. The van der Waals surface area contributed by atoms with Crippen LogP contribution in [-0.2, 0) is 14.3 Å². The second-order valence-electron chi connectivity index (χ2n) is 7.59. The van der Waals surface area contributed by atoms with E-state index in [9.17, 15) is 18.0 Å². The Morgan fingerprint density at radius 1 is 1.10 bits per heavy atom. The van der Waals surface area contributed by atoms with Gasteiger partial charge in [-0.15, -0.1) is 0 Å². The Labute approximate surface area is 168 Å². The van der Waals surface area contributed by atoms with Crippen molar-refractivity contribution in [2.75, 3.05) is 13.7 Å². The van der Waals surface area contributed by atoms with Crippen LogP contribution in [0.15, 0.2) is 42.5 Å². The van der Waals surface area contributed by atoms with E-state index in [0.717, 1.165) is 18.2 Å². The van der Waals surface area contributed by atoms with E-state index in [4.69, 9.17) is 9.47 Å². The van der Waals surface area contributed by atoms with Crippen LogP contribution in [0.4, 0.5) is 13.2 Å².